The number of halogens is 1. The number of hydrogen-bond acceptors (Lipinski definition) is 6. The van der Waals surface area contributed by atoms with Gasteiger partial charge in [-0.1, -0.05) is 18.2 Å². The summed E-state index contributed by atoms with van der Waals surface area (Å²) in [5.74, 6) is 1.14. The molecule has 2 aromatic carbocycles. The Labute approximate surface area is 172 Å². The Kier molecular flexibility index (Phi) is 4.18. The van der Waals surface area contributed by atoms with Crippen LogP contribution in [0.4, 0.5) is 10.2 Å². The number of para-hydroxylation sites is 1. The van der Waals surface area contributed by atoms with Crippen molar-refractivity contribution in [2.45, 2.75) is 31.3 Å². The molecule has 2 heterocycles. The van der Waals surface area contributed by atoms with Crippen LogP contribution in [0, 0.1) is 5.82 Å². The SMILES string of the molecule is CC1(O)CC(c2nc(-c3ccc(Oc4ccccc4)c(F)c3)c3c(N)ncnn23)C1. The number of nitrogens with zero attached hydrogens (tertiary/aromatic N) is 4. The zero-order valence-electron chi connectivity index (χ0n) is 16.3. The van der Waals surface area contributed by atoms with Crippen LogP contribution < -0.4 is 10.5 Å². The van der Waals surface area contributed by atoms with Gasteiger partial charge in [0.15, 0.2) is 17.4 Å². The molecule has 1 saturated carbocycles. The Morgan fingerprint density at radius 2 is 1.97 bits per heavy atom. The molecule has 30 heavy (non-hydrogen) atoms. The van der Waals surface area contributed by atoms with E-state index in [4.69, 9.17) is 15.5 Å². The lowest BCUT2D eigenvalue weighted by atomic mass is 9.72. The first-order valence-corrected chi connectivity index (χ1v) is 9.65. The van der Waals surface area contributed by atoms with Gasteiger partial charge in [-0.3, -0.25) is 0 Å². The minimum absolute atomic E-state index is 0.0427. The van der Waals surface area contributed by atoms with Crippen LogP contribution in [-0.2, 0) is 0 Å². The van der Waals surface area contributed by atoms with Crippen molar-refractivity contribution < 1.29 is 14.2 Å². The van der Waals surface area contributed by atoms with Crippen molar-refractivity contribution in [3.05, 3.63) is 66.5 Å². The summed E-state index contributed by atoms with van der Waals surface area (Å²) < 4.78 is 22.1. The highest BCUT2D eigenvalue weighted by Crippen LogP contribution is 2.45. The van der Waals surface area contributed by atoms with Gasteiger partial charge in [-0.05, 0) is 50.1 Å². The van der Waals surface area contributed by atoms with E-state index in [0.29, 0.717) is 41.2 Å². The molecular formula is C22H20FN5O2. The van der Waals surface area contributed by atoms with Gasteiger partial charge in [0, 0.05) is 11.5 Å². The third-order valence-electron chi connectivity index (χ3n) is 5.40. The molecule has 0 aliphatic heterocycles. The molecule has 152 valence electrons. The monoisotopic (exact) mass is 405 g/mol. The van der Waals surface area contributed by atoms with E-state index in [9.17, 15) is 9.50 Å². The fraction of sp³-hybridized carbons (Fsp3) is 0.227. The zero-order valence-corrected chi connectivity index (χ0v) is 16.3. The Morgan fingerprint density at radius 3 is 2.67 bits per heavy atom. The van der Waals surface area contributed by atoms with Crippen molar-refractivity contribution in [2.75, 3.05) is 5.73 Å². The molecule has 2 aromatic heterocycles. The molecule has 0 spiro atoms. The predicted molar refractivity (Wildman–Crippen MR) is 110 cm³/mol. The number of imidazole rings is 1. The third kappa shape index (κ3) is 3.15. The van der Waals surface area contributed by atoms with Crippen LogP contribution in [-0.4, -0.2) is 30.3 Å². The van der Waals surface area contributed by atoms with E-state index in [1.165, 1.54) is 12.4 Å². The molecule has 8 heteroatoms. The van der Waals surface area contributed by atoms with Crippen molar-refractivity contribution >= 4 is 11.3 Å². The number of nitrogens with two attached hydrogens (primary N) is 1. The number of rotatable bonds is 4. The average molecular weight is 405 g/mol. The summed E-state index contributed by atoms with van der Waals surface area (Å²) in [4.78, 5) is 8.80. The second-order valence-electron chi connectivity index (χ2n) is 7.89. The van der Waals surface area contributed by atoms with Crippen molar-refractivity contribution in [3.8, 4) is 22.8 Å². The summed E-state index contributed by atoms with van der Waals surface area (Å²) in [6.45, 7) is 1.80. The van der Waals surface area contributed by atoms with Gasteiger partial charge < -0.3 is 15.6 Å². The lowest BCUT2D eigenvalue weighted by Crippen LogP contribution is -2.40. The number of fused-ring (bicyclic) bond motifs is 1. The third-order valence-corrected chi connectivity index (χ3v) is 5.40. The first kappa shape index (κ1) is 18.5. The highest BCUT2D eigenvalue weighted by atomic mass is 19.1. The second-order valence-corrected chi connectivity index (χ2v) is 7.89. The van der Waals surface area contributed by atoms with E-state index in [1.54, 1.807) is 35.7 Å². The minimum Gasteiger partial charge on any atom is -0.454 e. The van der Waals surface area contributed by atoms with Gasteiger partial charge in [0.1, 0.15) is 29.1 Å². The van der Waals surface area contributed by atoms with Gasteiger partial charge in [-0.2, -0.15) is 5.10 Å². The second kappa shape index (κ2) is 6.77. The van der Waals surface area contributed by atoms with E-state index >= 15 is 0 Å². The van der Waals surface area contributed by atoms with Crippen molar-refractivity contribution in [1.29, 1.82) is 0 Å². The maximum atomic E-state index is 14.8. The summed E-state index contributed by atoms with van der Waals surface area (Å²) in [6, 6.07) is 13.7. The summed E-state index contributed by atoms with van der Waals surface area (Å²) in [5, 5.41) is 14.4. The van der Waals surface area contributed by atoms with Crippen LogP contribution in [0.25, 0.3) is 16.8 Å². The predicted octanol–water partition coefficient (Wildman–Crippen LogP) is 3.93. The maximum absolute atomic E-state index is 14.8. The van der Waals surface area contributed by atoms with Gasteiger partial charge in [-0.15, -0.1) is 0 Å². The molecule has 1 fully saturated rings. The molecule has 5 rings (SSSR count). The van der Waals surface area contributed by atoms with Crippen LogP contribution in [0.2, 0.25) is 0 Å². The highest BCUT2D eigenvalue weighted by Gasteiger charge is 2.42. The minimum atomic E-state index is -0.711. The molecule has 1 aliphatic rings. The number of anilines is 1. The lowest BCUT2D eigenvalue weighted by molar-refractivity contribution is -0.0337. The van der Waals surface area contributed by atoms with E-state index in [1.807, 2.05) is 18.2 Å². The zero-order chi connectivity index (χ0) is 20.9. The number of benzene rings is 2. The summed E-state index contributed by atoms with van der Waals surface area (Å²) in [6.07, 6.45) is 2.52. The van der Waals surface area contributed by atoms with Crippen molar-refractivity contribution in [1.82, 2.24) is 19.6 Å². The molecule has 0 amide bonds. The number of hydrogen-bond donors (Lipinski definition) is 2. The summed E-state index contributed by atoms with van der Waals surface area (Å²) >= 11 is 0. The highest BCUT2D eigenvalue weighted by molar-refractivity contribution is 5.85. The standard InChI is InChI=1S/C22H20FN5O2/c1-22(29)10-14(11-22)21-27-18(19-20(24)25-12-26-28(19)21)13-7-8-17(16(23)9-13)30-15-5-3-2-4-6-15/h2-9,12,14,29H,10-11H2,1H3,(H2,24,25,26). The number of aromatic nitrogens is 4. The first-order valence-electron chi connectivity index (χ1n) is 9.65. The Balaban J connectivity index is 1.55. The normalized spacial score (nSPS) is 20.8. The van der Waals surface area contributed by atoms with E-state index in [-0.39, 0.29) is 17.5 Å². The summed E-state index contributed by atoms with van der Waals surface area (Å²) in [7, 11) is 0. The fourth-order valence-electron chi connectivity index (χ4n) is 3.97. The van der Waals surface area contributed by atoms with Gasteiger partial charge in [0.25, 0.3) is 0 Å². The topological polar surface area (TPSA) is 98.6 Å². The number of aliphatic hydroxyl groups is 1. The van der Waals surface area contributed by atoms with Crippen LogP contribution in [0.5, 0.6) is 11.5 Å². The van der Waals surface area contributed by atoms with Crippen LogP contribution in [0.1, 0.15) is 31.5 Å². The molecule has 7 nitrogen and oxygen atoms in total. The Morgan fingerprint density at radius 1 is 1.20 bits per heavy atom. The van der Waals surface area contributed by atoms with E-state index in [0.717, 1.165) is 0 Å². The number of nitrogen functional groups attached to an aromatic ring is 1. The number of ether oxygens (including phenoxy) is 1. The molecule has 0 saturated heterocycles. The molecule has 3 N–H and O–H groups in total. The Bertz CT molecular complexity index is 1230. The van der Waals surface area contributed by atoms with Gasteiger partial charge in [-0.25, -0.2) is 18.9 Å². The smallest absolute Gasteiger partial charge is 0.166 e. The molecular weight excluding hydrogens is 385 g/mol. The van der Waals surface area contributed by atoms with Crippen LogP contribution in [0.3, 0.4) is 0 Å². The first-order chi connectivity index (χ1) is 14.4. The van der Waals surface area contributed by atoms with E-state index in [2.05, 4.69) is 10.1 Å². The molecule has 0 unspecified atom stereocenters. The van der Waals surface area contributed by atoms with Gasteiger partial charge in [0.05, 0.1) is 5.60 Å². The quantitative estimate of drug-likeness (QED) is 0.534. The fourth-order valence-corrected chi connectivity index (χ4v) is 3.97. The molecule has 0 bridgehead atoms. The van der Waals surface area contributed by atoms with Crippen LogP contribution >= 0.6 is 0 Å². The molecule has 4 aromatic rings. The van der Waals surface area contributed by atoms with Gasteiger partial charge >= 0.3 is 0 Å². The summed E-state index contributed by atoms with van der Waals surface area (Å²) in [5.41, 5.74) is 6.97. The van der Waals surface area contributed by atoms with Crippen molar-refractivity contribution in [2.24, 2.45) is 0 Å². The maximum Gasteiger partial charge on any atom is 0.166 e. The Hall–Kier alpha value is -3.52. The van der Waals surface area contributed by atoms with Crippen LogP contribution in [0.15, 0.2) is 54.9 Å². The van der Waals surface area contributed by atoms with E-state index < -0.39 is 11.4 Å². The molecule has 1 aliphatic carbocycles. The van der Waals surface area contributed by atoms with Gasteiger partial charge in [0.2, 0.25) is 0 Å². The molecule has 0 atom stereocenters. The average Bonchev–Trinajstić information content (AvgIpc) is 3.09. The molecule has 0 radical (unpaired) electrons. The lowest BCUT2D eigenvalue weighted by Gasteiger charge is -2.39. The largest absolute Gasteiger partial charge is 0.454 e. The van der Waals surface area contributed by atoms with Crippen molar-refractivity contribution in [3.63, 3.8) is 0 Å².